The summed E-state index contributed by atoms with van der Waals surface area (Å²) >= 11 is 0. The SMILES string of the molecule is CCN(C)c1cccc(NC(=O)N[C@H](CCCO)c2ccccc2)c1. The largest absolute Gasteiger partial charge is 0.396 e. The van der Waals surface area contributed by atoms with E-state index >= 15 is 0 Å². The fourth-order valence-electron chi connectivity index (χ4n) is 2.63. The second-order valence-electron chi connectivity index (χ2n) is 5.99. The van der Waals surface area contributed by atoms with E-state index in [9.17, 15) is 4.79 Å². The topological polar surface area (TPSA) is 64.6 Å². The highest BCUT2D eigenvalue weighted by molar-refractivity contribution is 5.90. The maximum atomic E-state index is 12.4. The normalized spacial score (nSPS) is 11.6. The van der Waals surface area contributed by atoms with E-state index < -0.39 is 0 Å². The minimum absolute atomic E-state index is 0.109. The summed E-state index contributed by atoms with van der Waals surface area (Å²) in [5.74, 6) is 0. The molecule has 5 heteroatoms. The van der Waals surface area contributed by atoms with Crippen LogP contribution >= 0.6 is 0 Å². The average Bonchev–Trinajstić information content (AvgIpc) is 2.65. The average molecular weight is 341 g/mol. The van der Waals surface area contributed by atoms with Gasteiger partial charge in [0, 0.05) is 31.6 Å². The summed E-state index contributed by atoms with van der Waals surface area (Å²) in [6.07, 6.45) is 1.32. The molecule has 0 aromatic heterocycles. The molecule has 0 aliphatic rings. The Labute approximate surface area is 149 Å². The van der Waals surface area contributed by atoms with Crippen molar-refractivity contribution in [3.05, 3.63) is 60.2 Å². The van der Waals surface area contributed by atoms with Crippen molar-refractivity contribution in [1.29, 1.82) is 0 Å². The molecule has 2 aromatic carbocycles. The Kier molecular flexibility index (Phi) is 7.29. The van der Waals surface area contributed by atoms with Crippen LogP contribution in [-0.2, 0) is 0 Å². The number of benzene rings is 2. The van der Waals surface area contributed by atoms with Crippen molar-refractivity contribution in [3.63, 3.8) is 0 Å². The molecule has 0 heterocycles. The first-order valence-corrected chi connectivity index (χ1v) is 8.68. The van der Waals surface area contributed by atoms with Gasteiger partial charge in [-0.1, -0.05) is 36.4 Å². The van der Waals surface area contributed by atoms with Gasteiger partial charge in [0.1, 0.15) is 0 Å². The van der Waals surface area contributed by atoms with E-state index in [-0.39, 0.29) is 18.7 Å². The molecule has 25 heavy (non-hydrogen) atoms. The number of rotatable bonds is 8. The molecule has 5 nitrogen and oxygen atoms in total. The molecule has 134 valence electrons. The van der Waals surface area contributed by atoms with Gasteiger partial charge in [-0.15, -0.1) is 0 Å². The van der Waals surface area contributed by atoms with Crippen molar-refractivity contribution in [2.24, 2.45) is 0 Å². The predicted octanol–water partition coefficient (Wildman–Crippen LogP) is 3.78. The second kappa shape index (κ2) is 9.69. The summed E-state index contributed by atoms with van der Waals surface area (Å²) in [6, 6.07) is 17.2. The number of amides is 2. The van der Waals surface area contributed by atoms with Crippen LogP contribution in [0.4, 0.5) is 16.2 Å². The summed E-state index contributed by atoms with van der Waals surface area (Å²) in [5.41, 5.74) is 2.84. The van der Waals surface area contributed by atoms with Crippen molar-refractivity contribution in [2.45, 2.75) is 25.8 Å². The minimum atomic E-state index is -0.247. The van der Waals surface area contributed by atoms with Gasteiger partial charge in [-0.25, -0.2) is 4.79 Å². The number of aliphatic hydroxyl groups is 1. The Hall–Kier alpha value is -2.53. The van der Waals surface area contributed by atoms with Crippen LogP contribution in [0.2, 0.25) is 0 Å². The standard InChI is InChI=1S/C20H27N3O2/c1-3-23(2)18-12-7-11-17(15-18)21-20(25)22-19(13-8-14-24)16-9-5-4-6-10-16/h4-7,9-12,15,19,24H,3,8,13-14H2,1-2H3,(H2,21,22,25)/t19-/m1/s1. The summed E-state index contributed by atoms with van der Waals surface area (Å²) in [5, 5.41) is 15.0. The zero-order chi connectivity index (χ0) is 18.1. The summed E-state index contributed by atoms with van der Waals surface area (Å²) in [4.78, 5) is 14.5. The molecular weight excluding hydrogens is 314 g/mol. The van der Waals surface area contributed by atoms with Gasteiger partial charge in [0.05, 0.1) is 6.04 Å². The Morgan fingerprint density at radius 3 is 2.60 bits per heavy atom. The van der Waals surface area contributed by atoms with Crippen LogP contribution < -0.4 is 15.5 Å². The van der Waals surface area contributed by atoms with Crippen LogP contribution in [0, 0.1) is 0 Å². The number of aliphatic hydroxyl groups excluding tert-OH is 1. The number of hydrogen-bond donors (Lipinski definition) is 3. The molecule has 0 aliphatic heterocycles. The van der Waals surface area contributed by atoms with Crippen LogP contribution in [0.5, 0.6) is 0 Å². The van der Waals surface area contributed by atoms with Crippen LogP contribution in [0.1, 0.15) is 31.4 Å². The van der Waals surface area contributed by atoms with Crippen molar-refractivity contribution in [3.8, 4) is 0 Å². The van der Waals surface area contributed by atoms with E-state index in [1.807, 2.05) is 61.6 Å². The van der Waals surface area contributed by atoms with Gasteiger partial charge in [-0.05, 0) is 43.5 Å². The lowest BCUT2D eigenvalue weighted by Crippen LogP contribution is -2.32. The molecule has 0 aliphatic carbocycles. The van der Waals surface area contributed by atoms with E-state index in [4.69, 9.17) is 5.11 Å². The maximum Gasteiger partial charge on any atom is 0.319 e. The predicted molar refractivity (Wildman–Crippen MR) is 103 cm³/mol. The molecule has 0 unspecified atom stereocenters. The number of anilines is 2. The highest BCUT2D eigenvalue weighted by Crippen LogP contribution is 2.20. The number of carbonyl (C=O) groups is 1. The minimum Gasteiger partial charge on any atom is -0.396 e. The van der Waals surface area contributed by atoms with Gasteiger partial charge in [0.15, 0.2) is 0 Å². The summed E-state index contributed by atoms with van der Waals surface area (Å²) in [6.45, 7) is 3.09. The van der Waals surface area contributed by atoms with Crippen molar-refractivity contribution in [1.82, 2.24) is 5.32 Å². The molecule has 0 bridgehead atoms. The third-order valence-corrected chi connectivity index (χ3v) is 4.18. The van der Waals surface area contributed by atoms with Crippen LogP contribution in [-0.4, -0.2) is 31.3 Å². The number of carbonyl (C=O) groups excluding carboxylic acids is 1. The van der Waals surface area contributed by atoms with Crippen LogP contribution in [0.25, 0.3) is 0 Å². The lowest BCUT2D eigenvalue weighted by Gasteiger charge is -2.20. The van der Waals surface area contributed by atoms with E-state index in [1.54, 1.807) is 0 Å². The lowest BCUT2D eigenvalue weighted by molar-refractivity contribution is 0.244. The van der Waals surface area contributed by atoms with E-state index in [1.165, 1.54) is 0 Å². The highest BCUT2D eigenvalue weighted by Gasteiger charge is 2.14. The lowest BCUT2D eigenvalue weighted by atomic mass is 10.0. The molecular formula is C20H27N3O2. The molecule has 0 saturated heterocycles. The maximum absolute atomic E-state index is 12.4. The van der Waals surface area contributed by atoms with Crippen molar-refractivity contribution in [2.75, 3.05) is 30.4 Å². The van der Waals surface area contributed by atoms with Gasteiger partial charge in [0.25, 0.3) is 0 Å². The first kappa shape index (κ1) is 18.8. The number of nitrogens with zero attached hydrogens (tertiary/aromatic N) is 1. The van der Waals surface area contributed by atoms with E-state index in [2.05, 4.69) is 22.5 Å². The molecule has 0 saturated carbocycles. The van der Waals surface area contributed by atoms with Gasteiger partial charge in [-0.2, -0.15) is 0 Å². The van der Waals surface area contributed by atoms with E-state index in [0.29, 0.717) is 12.8 Å². The smallest absolute Gasteiger partial charge is 0.319 e. The molecule has 2 aromatic rings. The van der Waals surface area contributed by atoms with Crippen molar-refractivity contribution >= 4 is 17.4 Å². The fourth-order valence-corrected chi connectivity index (χ4v) is 2.63. The molecule has 0 spiro atoms. The fraction of sp³-hybridized carbons (Fsp3) is 0.350. The van der Waals surface area contributed by atoms with Gasteiger partial charge in [-0.3, -0.25) is 0 Å². The highest BCUT2D eigenvalue weighted by atomic mass is 16.3. The molecule has 2 rings (SSSR count). The van der Waals surface area contributed by atoms with Crippen LogP contribution in [0.15, 0.2) is 54.6 Å². The zero-order valence-corrected chi connectivity index (χ0v) is 14.9. The third-order valence-electron chi connectivity index (χ3n) is 4.18. The third kappa shape index (κ3) is 5.80. The number of nitrogens with one attached hydrogen (secondary N) is 2. The molecule has 1 atom stereocenters. The van der Waals surface area contributed by atoms with Crippen LogP contribution in [0.3, 0.4) is 0 Å². The first-order chi connectivity index (χ1) is 12.1. The quantitative estimate of drug-likeness (QED) is 0.685. The zero-order valence-electron chi connectivity index (χ0n) is 14.9. The summed E-state index contributed by atoms with van der Waals surface area (Å²) < 4.78 is 0. The Morgan fingerprint density at radius 2 is 1.92 bits per heavy atom. The Bertz CT molecular complexity index is 661. The first-order valence-electron chi connectivity index (χ1n) is 8.68. The van der Waals surface area contributed by atoms with E-state index in [0.717, 1.165) is 23.5 Å². The molecule has 0 radical (unpaired) electrons. The number of hydrogen-bond acceptors (Lipinski definition) is 3. The molecule has 3 N–H and O–H groups in total. The monoisotopic (exact) mass is 341 g/mol. The summed E-state index contributed by atoms with van der Waals surface area (Å²) in [7, 11) is 2.01. The second-order valence-corrected chi connectivity index (χ2v) is 5.99. The van der Waals surface area contributed by atoms with Gasteiger partial charge in [0.2, 0.25) is 0 Å². The number of urea groups is 1. The van der Waals surface area contributed by atoms with Gasteiger partial charge >= 0.3 is 6.03 Å². The molecule has 2 amide bonds. The Balaban J connectivity index is 2.03. The van der Waals surface area contributed by atoms with Gasteiger partial charge < -0.3 is 20.6 Å². The van der Waals surface area contributed by atoms with Crippen molar-refractivity contribution < 1.29 is 9.90 Å². The Morgan fingerprint density at radius 1 is 1.16 bits per heavy atom. The molecule has 0 fully saturated rings.